The Morgan fingerprint density at radius 2 is 2.11 bits per heavy atom. The Hall–Kier alpha value is 0.274. The molecule has 1 saturated heterocycles. The summed E-state index contributed by atoms with van der Waals surface area (Å²) in [5.74, 6) is 0.274. The van der Waals surface area contributed by atoms with Crippen LogP contribution in [0.4, 0.5) is 0 Å². The number of unbranched alkanes of at least 4 members (excludes halogenated alkanes) is 1. The van der Waals surface area contributed by atoms with Crippen molar-refractivity contribution in [3.8, 4) is 0 Å². The predicted molar refractivity (Wildman–Crippen MR) is 71.4 cm³/mol. The second-order valence-corrected chi connectivity index (χ2v) is 3.81. The second-order valence-electron chi connectivity index (χ2n) is 3.81. The first-order valence-corrected chi connectivity index (χ1v) is 6.62. The molecule has 0 aromatic carbocycles. The molecule has 1 fully saturated rings. The van der Waals surface area contributed by atoms with E-state index in [4.69, 9.17) is 4.74 Å². The fraction of sp³-hybridized carbons (Fsp3) is 0.714. The number of likely N-dealkylation sites (tertiary alicyclic amines) is 1. The molecule has 4 heteroatoms. The molecule has 0 saturated carbocycles. The Bertz CT molecular complexity index is 232. The van der Waals surface area contributed by atoms with Crippen LogP contribution in [0, 0.1) is 7.11 Å². The van der Waals surface area contributed by atoms with Gasteiger partial charge >= 0.3 is 0 Å². The molecule has 0 bridgehead atoms. The van der Waals surface area contributed by atoms with E-state index in [-0.39, 0.29) is 38.6 Å². The van der Waals surface area contributed by atoms with Crippen molar-refractivity contribution in [2.75, 3.05) is 13.2 Å². The van der Waals surface area contributed by atoms with Crippen molar-refractivity contribution in [2.45, 2.75) is 52.5 Å². The van der Waals surface area contributed by atoms with Gasteiger partial charge in [-0.05, 0) is 19.3 Å². The second kappa shape index (κ2) is 13.7. The monoisotopic (exact) mass is 329 g/mol. The van der Waals surface area contributed by atoms with Crippen molar-refractivity contribution in [2.24, 2.45) is 0 Å². The number of β-lactam (4-membered cyclic amide) rings is 1. The van der Waals surface area contributed by atoms with E-state index in [1.807, 2.05) is 18.7 Å². The summed E-state index contributed by atoms with van der Waals surface area (Å²) in [7, 11) is 3.32. The molecule has 1 heterocycles. The average Bonchev–Trinajstić information content (AvgIpc) is 2.36. The van der Waals surface area contributed by atoms with Crippen LogP contribution in [-0.2, 0) is 42.2 Å². The van der Waals surface area contributed by atoms with Gasteiger partial charge in [0, 0.05) is 45.9 Å². The van der Waals surface area contributed by atoms with Gasteiger partial charge in [0.2, 0.25) is 5.91 Å². The molecule has 3 nitrogen and oxygen atoms in total. The van der Waals surface area contributed by atoms with E-state index >= 15 is 0 Å². The van der Waals surface area contributed by atoms with Crippen molar-refractivity contribution in [3.05, 3.63) is 19.3 Å². The van der Waals surface area contributed by atoms with E-state index in [0.29, 0.717) is 19.1 Å². The number of hydrogen-bond acceptors (Lipinski definition) is 2. The van der Waals surface area contributed by atoms with Gasteiger partial charge in [-0.3, -0.25) is 4.79 Å². The third-order valence-electron chi connectivity index (χ3n) is 2.64. The average molecular weight is 329 g/mol. The first-order valence-electron chi connectivity index (χ1n) is 6.62. The van der Waals surface area contributed by atoms with Crippen LogP contribution in [0.15, 0.2) is 12.2 Å². The van der Waals surface area contributed by atoms with Crippen LogP contribution in [0.25, 0.3) is 0 Å². The molecule has 0 aromatic heterocycles. The smallest absolute Gasteiger partial charge is 0.225 e. The van der Waals surface area contributed by atoms with Gasteiger partial charge in [0.25, 0.3) is 0 Å². The quantitative estimate of drug-likeness (QED) is 0.311. The maximum Gasteiger partial charge on any atom is 0.225 e. The van der Waals surface area contributed by atoms with Crippen LogP contribution in [0.5, 0.6) is 0 Å². The Morgan fingerprint density at radius 1 is 1.44 bits per heavy atom. The zero-order valence-corrected chi connectivity index (χ0v) is 14.9. The van der Waals surface area contributed by atoms with Crippen LogP contribution in [0.2, 0.25) is 0 Å². The maximum absolute atomic E-state index is 11.3. The van der Waals surface area contributed by atoms with Crippen LogP contribution in [0.1, 0.15) is 46.5 Å². The number of ether oxygens (including phenoxy) is 1. The number of carbonyl (C=O) groups excluding carboxylic acids is 1. The molecule has 18 heavy (non-hydrogen) atoms. The van der Waals surface area contributed by atoms with Crippen molar-refractivity contribution in [1.82, 2.24) is 4.90 Å². The van der Waals surface area contributed by atoms with Crippen LogP contribution in [0.3, 0.4) is 0 Å². The fourth-order valence-corrected chi connectivity index (χ4v) is 1.72. The molecule has 1 radical (unpaired) electrons. The molecule has 0 N–H and O–H groups in total. The van der Waals surface area contributed by atoms with Gasteiger partial charge in [-0.15, -0.1) is 0 Å². The van der Waals surface area contributed by atoms with Crippen molar-refractivity contribution in [1.29, 1.82) is 0 Å². The Morgan fingerprint density at radius 3 is 2.61 bits per heavy atom. The summed E-state index contributed by atoms with van der Waals surface area (Å²) >= 11 is 0. The maximum atomic E-state index is 11.3. The molecular formula is C14H26NO2Y-. The first kappa shape index (κ1) is 20.6. The molecule has 1 aliphatic rings. The third-order valence-corrected chi connectivity index (χ3v) is 2.64. The van der Waals surface area contributed by atoms with E-state index in [1.54, 1.807) is 0 Å². The zero-order valence-electron chi connectivity index (χ0n) is 12.0. The summed E-state index contributed by atoms with van der Waals surface area (Å²) in [6.07, 6.45) is 7.95. The number of nitrogens with zero attached hydrogens (tertiary/aromatic N) is 1. The van der Waals surface area contributed by atoms with Crippen molar-refractivity contribution < 1.29 is 42.2 Å². The Labute approximate surface area is 137 Å². The Kier molecular flexibility index (Phi) is 15.7. The summed E-state index contributed by atoms with van der Waals surface area (Å²) in [6.45, 7) is 7.63. The molecule has 0 spiro atoms. The molecule has 0 aliphatic carbocycles. The molecule has 103 valence electrons. The number of rotatable bonds is 7. The van der Waals surface area contributed by atoms with Gasteiger partial charge in [-0.2, -0.15) is 0 Å². The largest absolute Gasteiger partial charge is 0.555 e. The first-order chi connectivity index (χ1) is 8.29. The molecule has 1 aliphatic heterocycles. The summed E-state index contributed by atoms with van der Waals surface area (Å²) in [4.78, 5) is 13.3. The summed E-state index contributed by atoms with van der Waals surface area (Å²) in [5.41, 5.74) is 0. The van der Waals surface area contributed by atoms with Crippen molar-refractivity contribution in [3.63, 3.8) is 0 Å². The normalized spacial score (nSPS) is 17.9. The molecule has 1 unspecified atom stereocenters. The molecule has 1 rings (SSSR count). The minimum absolute atomic E-state index is 0. The fourth-order valence-electron chi connectivity index (χ4n) is 1.72. The van der Waals surface area contributed by atoms with E-state index in [1.165, 1.54) is 0 Å². The zero-order chi connectivity index (χ0) is 13.1. The van der Waals surface area contributed by atoms with Gasteiger partial charge in [0.15, 0.2) is 0 Å². The molecule has 1 atom stereocenters. The number of allylic oxidation sites excluding steroid dienone is 1. The summed E-state index contributed by atoms with van der Waals surface area (Å²) in [5, 5.41) is 0. The van der Waals surface area contributed by atoms with Crippen LogP contribution in [-0.4, -0.2) is 30.0 Å². The Balaban J connectivity index is 0. The SMILES string of the molecule is CC.[CH2-]OCCCCN1C(=O)CC1C=CCC.[Y]. The van der Waals surface area contributed by atoms with Gasteiger partial charge in [-0.25, -0.2) is 7.11 Å². The predicted octanol–water partition coefficient (Wildman–Crippen LogP) is 3.17. The van der Waals surface area contributed by atoms with Crippen LogP contribution < -0.4 is 0 Å². The van der Waals surface area contributed by atoms with E-state index < -0.39 is 0 Å². The molecule has 1 amide bonds. The number of hydrogen-bond donors (Lipinski definition) is 0. The minimum Gasteiger partial charge on any atom is -0.555 e. The molecule has 0 aromatic rings. The minimum atomic E-state index is 0. The third kappa shape index (κ3) is 7.65. The molecular weight excluding hydrogens is 303 g/mol. The number of amides is 1. The van der Waals surface area contributed by atoms with Gasteiger partial charge in [0.1, 0.15) is 0 Å². The van der Waals surface area contributed by atoms with Crippen LogP contribution >= 0.6 is 0 Å². The van der Waals surface area contributed by atoms with Gasteiger partial charge < -0.3 is 9.64 Å². The van der Waals surface area contributed by atoms with E-state index in [0.717, 1.165) is 25.8 Å². The topological polar surface area (TPSA) is 29.5 Å². The van der Waals surface area contributed by atoms with E-state index in [2.05, 4.69) is 26.2 Å². The standard InChI is InChI=1S/C12H20NO2.C2H6.Y/c1-3-4-7-11-10-12(14)13(11)8-5-6-9-15-2;1-2;/h4,7,11H,2-3,5-6,8-10H2,1H3;1-2H3;/q-1;;. The summed E-state index contributed by atoms with van der Waals surface area (Å²) in [6, 6.07) is 0.345. The summed E-state index contributed by atoms with van der Waals surface area (Å²) < 4.78 is 4.73. The van der Waals surface area contributed by atoms with Gasteiger partial charge in [-0.1, -0.05) is 32.9 Å². The van der Waals surface area contributed by atoms with Gasteiger partial charge in [0.05, 0.1) is 12.5 Å². The number of carbonyl (C=O) groups is 1. The van der Waals surface area contributed by atoms with Crippen molar-refractivity contribution >= 4 is 5.91 Å². The van der Waals surface area contributed by atoms with E-state index in [9.17, 15) is 4.79 Å².